The molecule has 0 aliphatic rings. The van der Waals surface area contributed by atoms with Crippen molar-refractivity contribution in [3.8, 4) is 0 Å². The number of pyridine rings is 1. The zero-order valence-electron chi connectivity index (χ0n) is 8.00. The molecule has 0 fully saturated rings. The van der Waals surface area contributed by atoms with E-state index in [0.29, 0.717) is 11.7 Å². The molecule has 2 heterocycles. The lowest BCUT2D eigenvalue weighted by Crippen LogP contribution is -1.99. The molecule has 2 N–H and O–H groups in total. The van der Waals surface area contributed by atoms with Crippen molar-refractivity contribution in [2.75, 3.05) is 0 Å². The summed E-state index contributed by atoms with van der Waals surface area (Å²) in [6.45, 7) is 2.52. The lowest BCUT2D eigenvalue weighted by atomic mass is 10.3. The highest BCUT2D eigenvalue weighted by molar-refractivity contribution is 6.30. The van der Waals surface area contributed by atoms with Gasteiger partial charge in [0.15, 0.2) is 0 Å². The van der Waals surface area contributed by atoms with E-state index < -0.39 is 0 Å². The Labute approximate surface area is 87.5 Å². The van der Waals surface area contributed by atoms with Crippen molar-refractivity contribution in [3.05, 3.63) is 34.7 Å². The van der Waals surface area contributed by atoms with Crippen LogP contribution >= 0.6 is 11.6 Å². The van der Waals surface area contributed by atoms with E-state index >= 15 is 0 Å². The van der Waals surface area contributed by atoms with Gasteiger partial charge in [0.2, 0.25) is 0 Å². The van der Waals surface area contributed by atoms with Gasteiger partial charge in [-0.15, -0.1) is 0 Å². The molecule has 14 heavy (non-hydrogen) atoms. The van der Waals surface area contributed by atoms with Crippen LogP contribution in [0.2, 0.25) is 5.15 Å². The minimum absolute atomic E-state index is 0.487. The SMILES string of the molecule is CCc1nc2c(CN)cccn2c1Cl. The van der Waals surface area contributed by atoms with E-state index in [9.17, 15) is 0 Å². The Morgan fingerprint density at radius 2 is 2.36 bits per heavy atom. The number of halogens is 1. The highest BCUT2D eigenvalue weighted by Crippen LogP contribution is 2.20. The standard InChI is InChI=1S/C10H12ClN3/c1-2-8-9(11)14-5-3-4-7(6-12)10(14)13-8/h3-5H,2,6,12H2,1H3. The molecule has 0 atom stereocenters. The topological polar surface area (TPSA) is 43.3 Å². The molecule has 74 valence electrons. The first-order chi connectivity index (χ1) is 6.77. The van der Waals surface area contributed by atoms with Gasteiger partial charge >= 0.3 is 0 Å². The Morgan fingerprint density at radius 3 is 3.00 bits per heavy atom. The van der Waals surface area contributed by atoms with Crippen LogP contribution in [0, 0.1) is 0 Å². The Morgan fingerprint density at radius 1 is 1.57 bits per heavy atom. The second-order valence-corrected chi connectivity index (χ2v) is 3.49. The maximum Gasteiger partial charge on any atom is 0.142 e. The average Bonchev–Trinajstić information content (AvgIpc) is 2.55. The highest BCUT2D eigenvalue weighted by Gasteiger charge is 2.09. The number of rotatable bonds is 2. The molecule has 2 rings (SSSR count). The van der Waals surface area contributed by atoms with Crippen molar-refractivity contribution < 1.29 is 0 Å². The molecule has 0 aliphatic carbocycles. The summed E-state index contributed by atoms with van der Waals surface area (Å²) >= 11 is 6.15. The first kappa shape index (κ1) is 9.49. The van der Waals surface area contributed by atoms with Gasteiger partial charge < -0.3 is 5.73 Å². The molecule has 0 aromatic carbocycles. The molecule has 0 amide bonds. The minimum Gasteiger partial charge on any atom is -0.326 e. The second-order valence-electron chi connectivity index (χ2n) is 3.13. The first-order valence-corrected chi connectivity index (χ1v) is 5.00. The predicted octanol–water partition coefficient (Wildman–Crippen LogP) is 2.01. The molecular weight excluding hydrogens is 198 g/mol. The van der Waals surface area contributed by atoms with E-state index in [0.717, 1.165) is 23.3 Å². The molecule has 0 saturated carbocycles. The lowest BCUT2D eigenvalue weighted by molar-refractivity contribution is 1.04. The molecule has 2 aromatic heterocycles. The van der Waals surface area contributed by atoms with Crippen molar-refractivity contribution in [2.24, 2.45) is 5.73 Å². The number of aryl methyl sites for hydroxylation is 1. The zero-order chi connectivity index (χ0) is 10.1. The van der Waals surface area contributed by atoms with Gasteiger partial charge in [0, 0.05) is 18.3 Å². The van der Waals surface area contributed by atoms with Crippen LogP contribution in [0.4, 0.5) is 0 Å². The Hall–Kier alpha value is -1.06. The zero-order valence-corrected chi connectivity index (χ0v) is 8.75. The summed E-state index contributed by atoms with van der Waals surface area (Å²) in [6, 6.07) is 3.90. The van der Waals surface area contributed by atoms with Gasteiger partial charge in [-0.2, -0.15) is 0 Å². The van der Waals surface area contributed by atoms with Crippen LogP contribution in [0.15, 0.2) is 18.3 Å². The van der Waals surface area contributed by atoms with Crippen molar-refractivity contribution in [1.29, 1.82) is 0 Å². The van der Waals surface area contributed by atoms with Crippen LogP contribution in [0.1, 0.15) is 18.2 Å². The van der Waals surface area contributed by atoms with Crippen molar-refractivity contribution in [3.63, 3.8) is 0 Å². The third-order valence-corrected chi connectivity index (χ3v) is 2.69. The fourth-order valence-corrected chi connectivity index (χ4v) is 1.84. The van der Waals surface area contributed by atoms with Gasteiger partial charge in [-0.05, 0) is 12.5 Å². The van der Waals surface area contributed by atoms with Gasteiger partial charge in [0.05, 0.1) is 5.69 Å². The quantitative estimate of drug-likeness (QED) is 0.823. The first-order valence-electron chi connectivity index (χ1n) is 4.62. The largest absolute Gasteiger partial charge is 0.326 e. The molecule has 0 aliphatic heterocycles. The van der Waals surface area contributed by atoms with E-state index in [1.54, 1.807) is 0 Å². The van der Waals surface area contributed by atoms with Crippen molar-refractivity contribution >= 4 is 17.2 Å². The number of hydrogen-bond acceptors (Lipinski definition) is 2. The molecule has 3 nitrogen and oxygen atoms in total. The predicted molar refractivity (Wildman–Crippen MR) is 57.5 cm³/mol. The van der Waals surface area contributed by atoms with Crippen LogP contribution < -0.4 is 5.73 Å². The van der Waals surface area contributed by atoms with E-state index in [2.05, 4.69) is 4.98 Å². The maximum absolute atomic E-state index is 6.15. The molecule has 0 saturated heterocycles. The number of hydrogen-bond donors (Lipinski definition) is 1. The summed E-state index contributed by atoms with van der Waals surface area (Å²) in [7, 11) is 0. The summed E-state index contributed by atoms with van der Waals surface area (Å²) in [6.07, 6.45) is 2.74. The monoisotopic (exact) mass is 209 g/mol. The Kier molecular flexibility index (Phi) is 2.44. The number of aromatic nitrogens is 2. The third-order valence-electron chi connectivity index (χ3n) is 2.29. The number of fused-ring (bicyclic) bond motifs is 1. The van der Waals surface area contributed by atoms with Crippen LogP contribution in [0.25, 0.3) is 5.65 Å². The van der Waals surface area contributed by atoms with Crippen LogP contribution in [-0.4, -0.2) is 9.38 Å². The smallest absolute Gasteiger partial charge is 0.142 e. The summed E-state index contributed by atoms with van der Waals surface area (Å²) < 4.78 is 1.88. The average molecular weight is 210 g/mol. The van der Waals surface area contributed by atoms with Gasteiger partial charge in [-0.1, -0.05) is 24.6 Å². The fraction of sp³-hybridized carbons (Fsp3) is 0.300. The molecule has 0 bridgehead atoms. The molecule has 2 aromatic rings. The van der Waals surface area contributed by atoms with Crippen molar-refractivity contribution in [1.82, 2.24) is 9.38 Å². The lowest BCUT2D eigenvalue weighted by Gasteiger charge is -1.99. The van der Waals surface area contributed by atoms with Crippen LogP contribution in [-0.2, 0) is 13.0 Å². The molecule has 0 spiro atoms. The molecule has 4 heteroatoms. The van der Waals surface area contributed by atoms with E-state index in [4.69, 9.17) is 17.3 Å². The molecule has 0 radical (unpaired) electrons. The van der Waals surface area contributed by atoms with Crippen molar-refractivity contribution in [2.45, 2.75) is 19.9 Å². The van der Waals surface area contributed by atoms with Gasteiger partial charge in [-0.3, -0.25) is 4.40 Å². The second kappa shape index (κ2) is 3.59. The molecule has 0 unspecified atom stereocenters. The molecular formula is C10H12ClN3. The fourth-order valence-electron chi connectivity index (χ4n) is 1.53. The third kappa shape index (κ3) is 1.29. The summed E-state index contributed by atoms with van der Waals surface area (Å²) in [5.74, 6) is 0. The van der Waals surface area contributed by atoms with Crippen LogP contribution in [0.5, 0.6) is 0 Å². The van der Waals surface area contributed by atoms with E-state index in [-0.39, 0.29) is 0 Å². The van der Waals surface area contributed by atoms with Crippen LogP contribution in [0.3, 0.4) is 0 Å². The number of nitrogens with zero attached hydrogens (tertiary/aromatic N) is 2. The summed E-state index contributed by atoms with van der Waals surface area (Å²) in [5.41, 5.74) is 8.44. The minimum atomic E-state index is 0.487. The number of imidazole rings is 1. The highest BCUT2D eigenvalue weighted by atomic mass is 35.5. The van der Waals surface area contributed by atoms with Gasteiger partial charge in [0.1, 0.15) is 10.8 Å². The number of nitrogens with two attached hydrogens (primary N) is 1. The normalized spacial score (nSPS) is 11.1. The van der Waals surface area contributed by atoms with E-state index in [1.165, 1.54) is 0 Å². The Balaban J connectivity index is 2.77. The summed E-state index contributed by atoms with van der Waals surface area (Å²) in [4.78, 5) is 4.45. The van der Waals surface area contributed by atoms with Gasteiger partial charge in [-0.25, -0.2) is 4.98 Å². The van der Waals surface area contributed by atoms with E-state index in [1.807, 2.05) is 29.7 Å². The Bertz CT molecular complexity index is 462. The maximum atomic E-state index is 6.15. The van der Waals surface area contributed by atoms with Gasteiger partial charge in [0.25, 0.3) is 0 Å². The summed E-state index contributed by atoms with van der Waals surface area (Å²) in [5, 5.41) is 0.692.